The molecule has 0 atom stereocenters. The van der Waals surface area contributed by atoms with Crippen molar-refractivity contribution in [1.82, 2.24) is 9.97 Å². The van der Waals surface area contributed by atoms with Crippen LogP contribution in [-0.2, 0) is 15.6 Å². The maximum Gasteiger partial charge on any atom is 0.204 e. The van der Waals surface area contributed by atoms with Gasteiger partial charge in [0, 0.05) is 6.20 Å². The second-order valence-electron chi connectivity index (χ2n) is 3.33. The van der Waals surface area contributed by atoms with Crippen molar-refractivity contribution in [2.24, 2.45) is 0 Å². The Hall–Kier alpha value is -1.69. The normalized spacial score (nSPS) is 11.6. The van der Waals surface area contributed by atoms with Gasteiger partial charge in [-0.15, -0.1) is 0 Å². The smallest absolute Gasteiger partial charge is 0.204 e. The quantitative estimate of drug-likeness (QED) is 0.807. The molecule has 2 aromatic heterocycles. The van der Waals surface area contributed by atoms with E-state index in [1.165, 1.54) is 18.7 Å². The molecule has 0 radical (unpaired) electrons. The Morgan fingerprint density at radius 2 is 2.12 bits per heavy atom. The van der Waals surface area contributed by atoms with E-state index in [1.54, 1.807) is 19.1 Å². The average molecular weight is 238 g/mol. The highest BCUT2D eigenvalue weighted by molar-refractivity contribution is 7.90. The van der Waals surface area contributed by atoms with E-state index in [9.17, 15) is 8.42 Å². The van der Waals surface area contributed by atoms with Gasteiger partial charge < -0.3 is 4.42 Å². The lowest BCUT2D eigenvalue weighted by molar-refractivity contribution is 0.520. The molecule has 2 rings (SSSR count). The molecule has 0 N–H and O–H groups in total. The summed E-state index contributed by atoms with van der Waals surface area (Å²) in [5.74, 6) is 0.194. The topological polar surface area (TPSA) is 73.1 Å². The van der Waals surface area contributed by atoms with Crippen LogP contribution < -0.4 is 0 Å². The van der Waals surface area contributed by atoms with Gasteiger partial charge in [-0.1, -0.05) is 0 Å². The monoisotopic (exact) mass is 238 g/mol. The molecule has 0 bridgehead atoms. The molecule has 0 aliphatic carbocycles. The Morgan fingerprint density at radius 1 is 1.31 bits per heavy atom. The Balaban J connectivity index is 2.29. The number of rotatable bonds is 3. The predicted octanol–water partition coefficient (Wildman–Crippen LogP) is 1.35. The average Bonchev–Trinajstić information content (AvgIpc) is 2.70. The Kier molecular flexibility index (Phi) is 2.74. The van der Waals surface area contributed by atoms with E-state index in [2.05, 4.69) is 9.97 Å². The van der Waals surface area contributed by atoms with Gasteiger partial charge in [0.25, 0.3) is 0 Å². The number of hydrogen-bond donors (Lipinski definition) is 0. The summed E-state index contributed by atoms with van der Waals surface area (Å²) in [6.45, 7) is 1.75. The third kappa shape index (κ3) is 2.27. The first-order chi connectivity index (χ1) is 7.58. The molecule has 0 aliphatic heterocycles. The van der Waals surface area contributed by atoms with Crippen molar-refractivity contribution in [3.63, 3.8) is 0 Å². The molecule has 16 heavy (non-hydrogen) atoms. The zero-order chi connectivity index (χ0) is 11.6. The van der Waals surface area contributed by atoms with Crippen LogP contribution in [0.15, 0.2) is 40.2 Å². The molecule has 0 saturated heterocycles. The van der Waals surface area contributed by atoms with Crippen molar-refractivity contribution in [3.05, 3.63) is 42.2 Å². The molecule has 0 amide bonds. The van der Waals surface area contributed by atoms with Crippen LogP contribution >= 0.6 is 0 Å². The van der Waals surface area contributed by atoms with Gasteiger partial charge in [0.1, 0.15) is 11.5 Å². The zero-order valence-electron chi connectivity index (χ0n) is 8.62. The van der Waals surface area contributed by atoms with E-state index in [-0.39, 0.29) is 10.8 Å². The van der Waals surface area contributed by atoms with Gasteiger partial charge in [-0.05, 0) is 19.1 Å². The molecule has 84 valence electrons. The highest BCUT2D eigenvalue weighted by Gasteiger charge is 2.18. The standard InChI is InChI=1S/C10H10N2O3S/c1-8-5-12-10(6-11-8)16(13,14)7-9-3-2-4-15-9/h2-6H,7H2,1H3. The van der Waals surface area contributed by atoms with Gasteiger partial charge in [-0.3, -0.25) is 4.98 Å². The first-order valence-corrected chi connectivity index (χ1v) is 6.27. The van der Waals surface area contributed by atoms with Crippen molar-refractivity contribution in [1.29, 1.82) is 0 Å². The fourth-order valence-electron chi connectivity index (χ4n) is 1.20. The molecule has 0 aromatic carbocycles. The summed E-state index contributed by atoms with van der Waals surface area (Å²) in [5, 5.41) is -0.0329. The van der Waals surface area contributed by atoms with Crippen LogP contribution in [0.4, 0.5) is 0 Å². The minimum Gasteiger partial charge on any atom is -0.468 e. The number of nitrogens with zero attached hydrogens (tertiary/aromatic N) is 2. The van der Waals surface area contributed by atoms with Gasteiger partial charge in [0.15, 0.2) is 5.03 Å². The minimum absolute atomic E-state index is 0.0329. The van der Waals surface area contributed by atoms with Crippen LogP contribution in [0, 0.1) is 6.92 Å². The zero-order valence-corrected chi connectivity index (χ0v) is 9.44. The molecule has 6 heteroatoms. The summed E-state index contributed by atoms with van der Waals surface area (Å²) >= 11 is 0. The van der Waals surface area contributed by atoms with Crippen molar-refractivity contribution >= 4 is 9.84 Å². The predicted molar refractivity (Wildman–Crippen MR) is 56.4 cm³/mol. The lowest BCUT2D eigenvalue weighted by atomic mass is 10.5. The van der Waals surface area contributed by atoms with Crippen molar-refractivity contribution in [2.75, 3.05) is 0 Å². The number of furan rings is 1. The highest BCUT2D eigenvalue weighted by atomic mass is 32.2. The van der Waals surface area contributed by atoms with Gasteiger partial charge in [0.05, 0.1) is 18.2 Å². The van der Waals surface area contributed by atoms with E-state index in [4.69, 9.17) is 4.42 Å². The third-order valence-corrected chi connectivity index (χ3v) is 3.50. The first kappa shape index (κ1) is 10.8. The van der Waals surface area contributed by atoms with Crippen molar-refractivity contribution in [2.45, 2.75) is 17.7 Å². The number of aryl methyl sites for hydroxylation is 1. The van der Waals surface area contributed by atoms with Crippen LogP contribution in [0.5, 0.6) is 0 Å². The number of aromatic nitrogens is 2. The number of hydrogen-bond acceptors (Lipinski definition) is 5. The highest BCUT2D eigenvalue weighted by Crippen LogP contribution is 2.13. The summed E-state index contributed by atoms with van der Waals surface area (Å²) in [4.78, 5) is 7.74. The summed E-state index contributed by atoms with van der Waals surface area (Å²) in [6.07, 6.45) is 4.12. The molecule has 0 aliphatic rings. The molecule has 0 saturated carbocycles. The molecule has 5 nitrogen and oxygen atoms in total. The molecule has 0 fully saturated rings. The molecule has 0 unspecified atom stereocenters. The van der Waals surface area contributed by atoms with Crippen LogP contribution in [0.1, 0.15) is 11.5 Å². The Morgan fingerprint density at radius 3 is 2.69 bits per heavy atom. The molecule has 2 heterocycles. The maximum atomic E-state index is 11.8. The lowest BCUT2D eigenvalue weighted by Crippen LogP contribution is -2.07. The van der Waals surface area contributed by atoms with E-state index in [1.807, 2.05) is 0 Å². The van der Waals surface area contributed by atoms with Gasteiger partial charge in [-0.25, -0.2) is 13.4 Å². The molecule has 0 spiro atoms. The Bertz CT molecular complexity index is 559. The van der Waals surface area contributed by atoms with E-state index >= 15 is 0 Å². The van der Waals surface area contributed by atoms with Gasteiger partial charge in [-0.2, -0.15) is 0 Å². The summed E-state index contributed by atoms with van der Waals surface area (Å²) in [5.41, 5.74) is 0.678. The fourth-order valence-corrected chi connectivity index (χ4v) is 2.31. The SMILES string of the molecule is Cc1cnc(S(=O)(=O)Cc2ccco2)cn1. The number of sulfone groups is 1. The first-order valence-electron chi connectivity index (χ1n) is 4.62. The van der Waals surface area contributed by atoms with Crippen LogP contribution in [0.2, 0.25) is 0 Å². The molecular formula is C10H10N2O3S. The minimum atomic E-state index is -3.47. The largest absolute Gasteiger partial charge is 0.468 e. The van der Waals surface area contributed by atoms with E-state index in [0.717, 1.165) is 0 Å². The Labute approximate surface area is 93.1 Å². The van der Waals surface area contributed by atoms with E-state index < -0.39 is 9.84 Å². The molecule has 2 aromatic rings. The van der Waals surface area contributed by atoms with Crippen LogP contribution in [0.25, 0.3) is 0 Å². The van der Waals surface area contributed by atoms with Crippen molar-refractivity contribution < 1.29 is 12.8 Å². The summed E-state index contributed by atoms with van der Waals surface area (Å²) < 4.78 is 28.7. The summed E-state index contributed by atoms with van der Waals surface area (Å²) in [7, 11) is -3.47. The van der Waals surface area contributed by atoms with Crippen LogP contribution in [-0.4, -0.2) is 18.4 Å². The molecular weight excluding hydrogens is 228 g/mol. The van der Waals surface area contributed by atoms with Gasteiger partial charge in [0.2, 0.25) is 9.84 Å². The van der Waals surface area contributed by atoms with E-state index in [0.29, 0.717) is 11.5 Å². The fraction of sp³-hybridized carbons (Fsp3) is 0.200. The third-order valence-electron chi connectivity index (χ3n) is 1.99. The maximum absolute atomic E-state index is 11.8. The van der Waals surface area contributed by atoms with Crippen molar-refractivity contribution in [3.8, 4) is 0 Å². The van der Waals surface area contributed by atoms with Crippen LogP contribution in [0.3, 0.4) is 0 Å². The second-order valence-corrected chi connectivity index (χ2v) is 5.27. The lowest BCUT2D eigenvalue weighted by Gasteiger charge is -2.01. The van der Waals surface area contributed by atoms with Gasteiger partial charge >= 0.3 is 0 Å². The summed E-state index contributed by atoms with van der Waals surface area (Å²) in [6, 6.07) is 3.25. The second kappa shape index (κ2) is 4.05.